The molecule has 6 heteroatoms. The van der Waals surface area contributed by atoms with Gasteiger partial charge in [-0.25, -0.2) is 14.8 Å². The highest BCUT2D eigenvalue weighted by atomic mass is 19.1. The molecule has 0 unspecified atom stereocenters. The van der Waals surface area contributed by atoms with Crippen molar-refractivity contribution < 1.29 is 13.9 Å². The molecule has 148 valence electrons. The number of methoxy groups -OCH3 is 1. The molecule has 0 bridgehead atoms. The van der Waals surface area contributed by atoms with Gasteiger partial charge in [0.15, 0.2) is 0 Å². The average Bonchev–Trinajstić information content (AvgIpc) is 2.79. The summed E-state index contributed by atoms with van der Waals surface area (Å²) in [6.45, 7) is 0. The Kier molecular flexibility index (Phi) is 5.48. The molecular weight excluding hydrogens is 381 g/mol. The molecule has 30 heavy (non-hydrogen) atoms. The molecule has 1 amide bonds. The highest BCUT2D eigenvalue weighted by Crippen LogP contribution is 2.25. The Hall–Kier alpha value is -4.06. The predicted octanol–water partition coefficient (Wildman–Crippen LogP) is 4.81. The molecule has 3 aromatic carbocycles. The van der Waals surface area contributed by atoms with Crippen LogP contribution >= 0.6 is 0 Å². The Balaban J connectivity index is 1.67. The normalized spacial score (nSPS) is 11.0. The van der Waals surface area contributed by atoms with Crippen LogP contribution in [-0.2, 0) is 0 Å². The molecule has 1 N–H and O–H groups in total. The van der Waals surface area contributed by atoms with Crippen molar-refractivity contribution in [3.63, 3.8) is 0 Å². The number of carbonyl (C=O) groups excluding carboxylic acids is 1. The van der Waals surface area contributed by atoms with E-state index in [1.165, 1.54) is 18.3 Å². The molecule has 0 spiro atoms. The first-order chi connectivity index (χ1) is 14.7. The summed E-state index contributed by atoms with van der Waals surface area (Å²) in [5.41, 5.74) is 5.69. The summed E-state index contributed by atoms with van der Waals surface area (Å²) >= 11 is 0. The Morgan fingerprint density at radius 3 is 2.57 bits per heavy atom. The van der Waals surface area contributed by atoms with Crippen LogP contribution in [0.3, 0.4) is 0 Å². The third-order valence-electron chi connectivity index (χ3n) is 4.61. The minimum Gasteiger partial charge on any atom is -0.496 e. The number of hydrogen-bond acceptors (Lipinski definition) is 4. The summed E-state index contributed by atoms with van der Waals surface area (Å²) in [5.74, 6) is -0.0465. The Morgan fingerprint density at radius 1 is 1.03 bits per heavy atom. The maximum absolute atomic E-state index is 13.3. The Morgan fingerprint density at radius 2 is 1.77 bits per heavy atom. The SMILES string of the molecule is COc1ccccc1/C=N\NC(=O)c1cc(-c2ccc(F)cc2)nc2ccccc12. The van der Waals surface area contributed by atoms with Crippen LogP contribution in [0.25, 0.3) is 22.2 Å². The van der Waals surface area contributed by atoms with E-state index in [9.17, 15) is 9.18 Å². The highest BCUT2D eigenvalue weighted by molar-refractivity contribution is 6.07. The number of carbonyl (C=O) groups is 1. The number of ether oxygens (including phenoxy) is 1. The zero-order valence-electron chi connectivity index (χ0n) is 16.2. The fraction of sp³-hybridized carbons (Fsp3) is 0.0417. The minimum atomic E-state index is -0.372. The standard InChI is InChI=1S/C24H18FN3O2/c1-30-23-9-5-2-6-17(23)15-26-28-24(29)20-14-22(16-10-12-18(25)13-11-16)27-21-8-4-3-7-19(20)21/h2-15H,1H3,(H,28,29)/b26-15-. The molecule has 4 rings (SSSR count). The van der Waals surface area contributed by atoms with Gasteiger partial charge < -0.3 is 4.74 Å². The van der Waals surface area contributed by atoms with Crippen LogP contribution in [0.4, 0.5) is 4.39 Å². The number of benzene rings is 3. The van der Waals surface area contributed by atoms with Crippen molar-refractivity contribution in [2.24, 2.45) is 5.10 Å². The van der Waals surface area contributed by atoms with Gasteiger partial charge in [-0.15, -0.1) is 0 Å². The fourth-order valence-electron chi connectivity index (χ4n) is 3.13. The number of rotatable bonds is 5. The number of nitrogens with one attached hydrogen (secondary N) is 1. The topological polar surface area (TPSA) is 63.6 Å². The molecule has 5 nitrogen and oxygen atoms in total. The largest absolute Gasteiger partial charge is 0.496 e. The van der Waals surface area contributed by atoms with E-state index in [1.807, 2.05) is 48.5 Å². The zero-order valence-corrected chi connectivity index (χ0v) is 16.2. The second-order valence-electron chi connectivity index (χ2n) is 6.52. The predicted molar refractivity (Wildman–Crippen MR) is 115 cm³/mol. The van der Waals surface area contributed by atoms with E-state index < -0.39 is 0 Å². The molecule has 0 saturated heterocycles. The van der Waals surface area contributed by atoms with Crippen molar-refractivity contribution in [1.29, 1.82) is 0 Å². The lowest BCUT2D eigenvalue weighted by Gasteiger charge is -2.09. The number of halogens is 1. The van der Waals surface area contributed by atoms with E-state index >= 15 is 0 Å². The minimum absolute atomic E-state index is 0.330. The fourth-order valence-corrected chi connectivity index (χ4v) is 3.13. The summed E-state index contributed by atoms with van der Waals surface area (Å²) in [7, 11) is 1.57. The summed E-state index contributed by atoms with van der Waals surface area (Å²) in [5, 5.41) is 4.77. The van der Waals surface area contributed by atoms with Gasteiger partial charge in [-0.1, -0.05) is 30.3 Å². The second-order valence-corrected chi connectivity index (χ2v) is 6.52. The molecule has 0 aliphatic carbocycles. The lowest BCUT2D eigenvalue weighted by molar-refractivity contribution is 0.0956. The van der Waals surface area contributed by atoms with E-state index in [-0.39, 0.29) is 11.7 Å². The van der Waals surface area contributed by atoms with Gasteiger partial charge in [0.25, 0.3) is 5.91 Å². The number of para-hydroxylation sites is 2. The van der Waals surface area contributed by atoms with Crippen molar-refractivity contribution in [1.82, 2.24) is 10.4 Å². The molecule has 1 heterocycles. The number of aromatic nitrogens is 1. The molecule has 0 aliphatic heterocycles. The Labute approximate surface area is 172 Å². The second kappa shape index (κ2) is 8.53. The number of hydrazone groups is 1. The lowest BCUT2D eigenvalue weighted by Crippen LogP contribution is -2.18. The van der Waals surface area contributed by atoms with Crippen LogP contribution in [0.5, 0.6) is 5.75 Å². The average molecular weight is 399 g/mol. The lowest BCUT2D eigenvalue weighted by atomic mass is 10.0. The van der Waals surface area contributed by atoms with E-state index in [0.717, 1.165) is 5.56 Å². The molecule has 0 radical (unpaired) electrons. The quantitative estimate of drug-likeness (QED) is 0.387. The van der Waals surface area contributed by atoms with Crippen molar-refractivity contribution in [3.05, 3.63) is 95.8 Å². The summed E-state index contributed by atoms with van der Waals surface area (Å²) in [4.78, 5) is 17.5. The van der Waals surface area contributed by atoms with Gasteiger partial charge in [-0.3, -0.25) is 4.79 Å². The number of pyridine rings is 1. The summed E-state index contributed by atoms with van der Waals surface area (Å²) in [6, 6.07) is 22.4. The number of fused-ring (bicyclic) bond motifs is 1. The van der Waals surface area contributed by atoms with Crippen molar-refractivity contribution >= 4 is 23.0 Å². The smallest absolute Gasteiger partial charge is 0.272 e. The van der Waals surface area contributed by atoms with Crippen LogP contribution in [0, 0.1) is 5.82 Å². The van der Waals surface area contributed by atoms with Gasteiger partial charge in [-0.2, -0.15) is 5.10 Å². The first kappa shape index (κ1) is 19.3. The number of nitrogens with zero attached hydrogens (tertiary/aromatic N) is 2. The molecule has 1 aromatic heterocycles. The molecule has 0 fully saturated rings. The third-order valence-corrected chi connectivity index (χ3v) is 4.61. The summed E-state index contributed by atoms with van der Waals surface area (Å²) in [6.07, 6.45) is 1.53. The van der Waals surface area contributed by atoms with Gasteiger partial charge in [-0.05, 0) is 48.5 Å². The molecule has 0 aliphatic rings. The van der Waals surface area contributed by atoms with Crippen molar-refractivity contribution in [2.75, 3.05) is 7.11 Å². The first-order valence-electron chi connectivity index (χ1n) is 9.28. The molecule has 4 aromatic rings. The van der Waals surface area contributed by atoms with Gasteiger partial charge in [0.1, 0.15) is 11.6 Å². The third kappa shape index (κ3) is 4.03. The Bertz CT molecular complexity index is 1240. The van der Waals surface area contributed by atoms with Crippen LogP contribution < -0.4 is 10.2 Å². The van der Waals surface area contributed by atoms with Crippen molar-refractivity contribution in [3.8, 4) is 17.0 Å². The van der Waals surface area contributed by atoms with Gasteiger partial charge in [0.2, 0.25) is 0 Å². The van der Waals surface area contributed by atoms with Gasteiger partial charge in [0, 0.05) is 16.5 Å². The van der Waals surface area contributed by atoms with Gasteiger partial charge in [0.05, 0.1) is 30.1 Å². The monoisotopic (exact) mass is 399 g/mol. The van der Waals surface area contributed by atoms with Gasteiger partial charge >= 0.3 is 0 Å². The van der Waals surface area contributed by atoms with E-state index in [2.05, 4.69) is 15.5 Å². The highest BCUT2D eigenvalue weighted by Gasteiger charge is 2.13. The zero-order chi connectivity index (χ0) is 20.9. The molecular formula is C24H18FN3O2. The van der Waals surface area contributed by atoms with Crippen LogP contribution in [0.15, 0.2) is 84.0 Å². The summed E-state index contributed by atoms with van der Waals surface area (Å²) < 4.78 is 18.6. The molecule has 0 saturated carbocycles. The number of amides is 1. The van der Waals surface area contributed by atoms with E-state index in [4.69, 9.17) is 4.74 Å². The van der Waals surface area contributed by atoms with Crippen LogP contribution in [0.1, 0.15) is 15.9 Å². The number of hydrogen-bond donors (Lipinski definition) is 1. The van der Waals surface area contributed by atoms with Crippen molar-refractivity contribution in [2.45, 2.75) is 0 Å². The van der Waals surface area contributed by atoms with E-state index in [1.54, 1.807) is 25.3 Å². The van der Waals surface area contributed by atoms with Crippen LogP contribution in [0.2, 0.25) is 0 Å². The first-order valence-corrected chi connectivity index (χ1v) is 9.28. The van der Waals surface area contributed by atoms with Crippen LogP contribution in [-0.4, -0.2) is 24.2 Å². The molecule has 0 atom stereocenters. The maximum Gasteiger partial charge on any atom is 0.272 e. The van der Waals surface area contributed by atoms with E-state index in [0.29, 0.717) is 33.5 Å². The maximum atomic E-state index is 13.3.